The molecular weight excluding hydrogens is 202 g/mol. The molecule has 0 saturated carbocycles. The molecule has 3 heterocycles. The van der Waals surface area contributed by atoms with Crippen LogP contribution in [0, 0.1) is 0 Å². The normalized spacial score (nSPS) is 11.4. The third-order valence-electron chi connectivity index (χ3n) is 2.05. The summed E-state index contributed by atoms with van der Waals surface area (Å²) >= 11 is 3.06. The number of rotatable bonds is 0. The third-order valence-corrected chi connectivity index (χ3v) is 3.80. The molecule has 0 aliphatic heterocycles. The van der Waals surface area contributed by atoms with E-state index in [9.17, 15) is 4.79 Å². The van der Waals surface area contributed by atoms with E-state index in [4.69, 9.17) is 0 Å². The lowest BCUT2D eigenvalue weighted by Crippen LogP contribution is -2.02. The lowest BCUT2D eigenvalue weighted by Gasteiger charge is -1.90. The first kappa shape index (κ1) is 7.29. The highest BCUT2D eigenvalue weighted by atomic mass is 32.1. The van der Waals surface area contributed by atoms with Crippen LogP contribution in [0.25, 0.3) is 20.3 Å². The average Bonchev–Trinajstić information content (AvgIpc) is 2.66. The van der Waals surface area contributed by atoms with Gasteiger partial charge in [-0.1, -0.05) is 0 Å². The van der Waals surface area contributed by atoms with E-state index in [-0.39, 0.29) is 5.56 Å². The van der Waals surface area contributed by atoms with Crippen LogP contribution in [-0.4, -0.2) is 4.98 Å². The number of H-pyrrole nitrogens is 1. The summed E-state index contributed by atoms with van der Waals surface area (Å²) in [6.45, 7) is 0. The van der Waals surface area contributed by atoms with Gasteiger partial charge in [-0.15, -0.1) is 22.7 Å². The van der Waals surface area contributed by atoms with Gasteiger partial charge in [-0.2, -0.15) is 0 Å². The fourth-order valence-electron chi connectivity index (χ4n) is 1.48. The Morgan fingerprint density at radius 3 is 2.77 bits per heavy atom. The molecule has 0 saturated heterocycles. The average molecular weight is 207 g/mol. The lowest BCUT2D eigenvalue weighted by atomic mass is 10.2. The molecule has 3 aromatic rings. The van der Waals surface area contributed by atoms with Crippen molar-refractivity contribution in [3.05, 3.63) is 33.2 Å². The number of fused-ring (bicyclic) bond motifs is 3. The number of aromatic nitrogens is 1. The van der Waals surface area contributed by atoms with E-state index in [0.29, 0.717) is 0 Å². The van der Waals surface area contributed by atoms with Crippen LogP contribution in [-0.2, 0) is 0 Å². The summed E-state index contributed by atoms with van der Waals surface area (Å²) in [6, 6.07) is 4.05. The molecule has 3 aromatic heterocycles. The van der Waals surface area contributed by atoms with Gasteiger partial charge >= 0.3 is 0 Å². The van der Waals surface area contributed by atoms with Crippen molar-refractivity contribution in [2.75, 3.05) is 0 Å². The third kappa shape index (κ3) is 0.897. The van der Waals surface area contributed by atoms with Gasteiger partial charge in [0, 0.05) is 10.8 Å². The minimum Gasteiger partial charge on any atom is -0.312 e. The van der Waals surface area contributed by atoms with Crippen molar-refractivity contribution in [1.29, 1.82) is 0 Å². The van der Waals surface area contributed by atoms with Crippen molar-refractivity contribution in [2.45, 2.75) is 0 Å². The molecule has 0 radical (unpaired) electrons. The van der Waals surface area contributed by atoms with Gasteiger partial charge in [0.2, 0.25) is 0 Å². The Labute approximate surface area is 81.5 Å². The van der Waals surface area contributed by atoms with Gasteiger partial charge in [0.05, 0.1) is 0 Å². The van der Waals surface area contributed by atoms with Crippen molar-refractivity contribution in [3.8, 4) is 0 Å². The highest BCUT2D eigenvalue weighted by molar-refractivity contribution is 7.18. The Morgan fingerprint density at radius 2 is 1.85 bits per heavy atom. The van der Waals surface area contributed by atoms with Crippen molar-refractivity contribution in [2.24, 2.45) is 0 Å². The van der Waals surface area contributed by atoms with Crippen LogP contribution >= 0.6 is 22.7 Å². The molecule has 4 heteroatoms. The summed E-state index contributed by atoms with van der Waals surface area (Å²) in [5, 5.41) is 6.18. The fourth-order valence-corrected chi connectivity index (χ4v) is 3.08. The van der Waals surface area contributed by atoms with E-state index in [0.717, 1.165) is 20.3 Å². The Hall–Kier alpha value is -1.13. The van der Waals surface area contributed by atoms with Crippen LogP contribution in [0.15, 0.2) is 27.7 Å². The van der Waals surface area contributed by atoms with Crippen LogP contribution in [0.4, 0.5) is 0 Å². The summed E-state index contributed by atoms with van der Waals surface area (Å²) in [6.07, 6.45) is 0. The molecule has 13 heavy (non-hydrogen) atoms. The molecule has 0 spiro atoms. The second kappa shape index (κ2) is 2.43. The molecule has 0 atom stereocenters. The maximum absolute atomic E-state index is 11.5. The molecule has 0 fully saturated rings. The second-order valence-electron chi connectivity index (χ2n) is 2.78. The van der Waals surface area contributed by atoms with Crippen molar-refractivity contribution >= 4 is 43.0 Å². The topological polar surface area (TPSA) is 32.9 Å². The highest BCUT2D eigenvalue weighted by Gasteiger charge is 2.05. The minimum absolute atomic E-state index is 0.0277. The van der Waals surface area contributed by atoms with E-state index < -0.39 is 0 Å². The van der Waals surface area contributed by atoms with E-state index >= 15 is 0 Å². The second-order valence-corrected chi connectivity index (χ2v) is 4.61. The predicted octanol–water partition coefficient (Wildman–Crippen LogP) is 2.80. The van der Waals surface area contributed by atoms with E-state index in [1.54, 1.807) is 11.3 Å². The number of nitrogens with one attached hydrogen (secondary N) is 1. The minimum atomic E-state index is 0.0277. The van der Waals surface area contributed by atoms with E-state index in [1.165, 1.54) is 11.3 Å². The summed E-state index contributed by atoms with van der Waals surface area (Å²) in [7, 11) is 0. The molecule has 0 aromatic carbocycles. The van der Waals surface area contributed by atoms with Gasteiger partial charge in [0.15, 0.2) is 0 Å². The molecular formula is C9H5NOS2. The van der Waals surface area contributed by atoms with Crippen LogP contribution in [0.2, 0.25) is 0 Å². The van der Waals surface area contributed by atoms with Gasteiger partial charge in [-0.3, -0.25) is 4.79 Å². The number of thiophene rings is 2. The molecule has 0 bridgehead atoms. The lowest BCUT2D eigenvalue weighted by molar-refractivity contribution is 1.38. The number of pyridine rings is 1. The van der Waals surface area contributed by atoms with Crippen LogP contribution < -0.4 is 5.56 Å². The maximum atomic E-state index is 11.5. The SMILES string of the molecule is O=c1[nH]c2sccc2c2ccsc12. The standard InChI is InChI=1S/C9H5NOS2/c11-8-7-5(1-3-12-7)6-2-4-13-9(6)10-8/h1-4H,(H,10,11). The molecule has 0 unspecified atom stereocenters. The van der Waals surface area contributed by atoms with Crippen molar-refractivity contribution in [3.63, 3.8) is 0 Å². The van der Waals surface area contributed by atoms with Crippen LogP contribution in [0.5, 0.6) is 0 Å². The molecule has 64 valence electrons. The first-order chi connectivity index (χ1) is 6.36. The van der Waals surface area contributed by atoms with Gasteiger partial charge in [0.1, 0.15) is 9.53 Å². The van der Waals surface area contributed by atoms with Gasteiger partial charge in [0.25, 0.3) is 5.56 Å². The summed E-state index contributed by atoms with van der Waals surface area (Å²) in [5.41, 5.74) is 0.0277. The van der Waals surface area contributed by atoms with Crippen LogP contribution in [0.1, 0.15) is 0 Å². The quantitative estimate of drug-likeness (QED) is 0.604. The number of hydrogen-bond donors (Lipinski definition) is 1. The zero-order chi connectivity index (χ0) is 8.84. The first-order valence-corrected chi connectivity index (χ1v) is 5.59. The molecule has 2 nitrogen and oxygen atoms in total. The summed E-state index contributed by atoms with van der Waals surface area (Å²) in [5.74, 6) is 0. The number of hydrogen-bond acceptors (Lipinski definition) is 3. The summed E-state index contributed by atoms with van der Waals surface area (Å²) in [4.78, 5) is 15.4. The van der Waals surface area contributed by atoms with Gasteiger partial charge in [-0.05, 0) is 22.9 Å². The smallest absolute Gasteiger partial charge is 0.266 e. The molecule has 0 aliphatic rings. The predicted molar refractivity (Wildman–Crippen MR) is 57.8 cm³/mol. The first-order valence-electron chi connectivity index (χ1n) is 3.83. The van der Waals surface area contributed by atoms with Gasteiger partial charge < -0.3 is 4.98 Å². The van der Waals surface area contributed by atoms with E-state index in [2.05, 4.69) is 4.98 Å². The van der Waals surface area contributed by atoms with E-state index in [1.807, 2.05) is 22.9 Å². The zero-order valence-corrected chi connectivity index (χ0v) is 8.17. The molecule has 3 rings (SSSR count). The van der Waals surface area contributed by atoms with Crippen LogP contribution in [0.3, 0.4) is 0 Å². The highest BCUT2D eigenvalue weighted by Crippen LogP contribution is 2.27. The monoisotopic (exact) mass is 207 g/mol. The Bertz CT molecular complexity index is 631. The zero-order valence-electron chi connectivity index (χ0n) is 6.53. The Balaban J connectivity index is 2.79. The largest absolute Gasteiger partial charge is 0.312 e. The fraction of sp³-hybridized carbons (Fsp3) is 0. The molecule has 0 amide bonds. The summed E-state index contributed by atoms with van der Waals surface area (Å²) < 4.78 is 0.825. The maximum Gasteiger partial charge on any atom is 0.266 e. The molecule has 0 aliphatic carbocycles. The molecule has 1 N–H and O–H groups in total. The Kier molecular flexibility index (Phi) is 1.36. The van der Waals surface area contributed by atoms with Crippen molar-refractivity contribution < 1.29 is 0 Å². The Morgan fingerprint density at radius 1 is 1.08 bits per heavy atom. The van der Waals surface area contributed by atoms with Crippen molar-refractivity contribution in [1.82, 2.24) is 4.98 Å². The van der Waals surface area contributed by atoms with Gasteiger partial charge in [-0.25, -0.2) is 0 Å². The number of aromatic amines is 1.